The Morgan fingerprint density at radius 1 is 1.41 bits per heavy atom. The van der Waals surface area contributed by atoms with Gasteiger partial charge in [0, 0.05) is 24.4 Å². The van der Waals surface area contributed by atoms with Crippen LogP contribution in [0.25, 0.3) is 0 Å². The molecule has 0 aliphatic heterocycles. The van der Waals surface area contributed by atoms with E-state index in [2.05, 4.69) is 25.4 Å². The van der Waals surface area contributed by atoms with Crippen molar-refractivity contribution in [1.82, 2.24) is 10.2 Å². The van der Waals surface area contributed by atoms with Crippen LogP contribution in [0.5, 0.6) is 0 Å². The van der Waals surface area contributed by atoms with Gasteiger partial charge in [0.2, 0.25) is 5.91 Å². The van der Waals surface area contributed by atoms with Gasteiger partial charge in [-0.3, -0.25) is 4.79 Å². The predicted octanol–water partition coefficient (Wildman–Crippen LogP) is 2.12. The van der Waals surface area contributed by atoms with Crippen LogP contribution in [0.4, 0.5) is 0 Å². The average molecular weight is 258 g/mol. The summed E-state index contributed by atoms with van der Waals surface area (Å²) in [7, 11) is 1.92. The molecule has 0 unspecified atom stereocenters. The summed E-state index contributed by atoms with van der Waals surface area (Å²) in [6.07, 6.45) is 6.81. The summed E-state index contributed by atoms with van der Waals surface area (Å²) in [5, 5.41) is 3.33. The molecule has 1 saturated carbocycles. The van der Waals surface area contributed by atoms with Gasteiger partial charge in [0.1, 0.15) is 0 Å². The van der Waals surface area contributed by atoms with Crippen LogP contribution in [0.2, 0.25) is 0 Å². The molecule has 0 radical (unpaired) electrons. The van der Waals surface area contributed by atoms with Gasteiger partial charge >= 0.3 is 0 Å². The lowest BCUT2D eigenvalue weighted by atomic mass is 10.0. The van der Waals surface area contributed by atoms with Crippen molar-refractivity contribution >= 4 is 17.7 Å². The highest BCUT2D eigenvalue weighted by molar-refractivity contribution is 8.00. The SMILES string of the molecule is CCC(CC)(CNCC(=O)N(C)C1CC1)SC. The van der Waals surface area contributed by atoms with Crippen molar-refractivity contribution in [2.45, 2.75) is 50.3 Å². The van der Waals surface area contributed by atoms with Gasteiger partial charge in [0.05, 0.1) is 6.54 Å². The van der Waals surface area contributed by atoms with Gasteiger partial charge in [-0.1, -0.05) is 13.8 Å². The first-order valence-corrected chi connectivity index (χ1v) is 7.82. The summed E-state index contributed by atoms with van der Waals surface area (Å²) in [6.45, 7) is 5.85. The Morgan fingerprint density at radius 3 is 2.41 bits per heavy atom. The summed E-state index contributed by atoms with van der Waals surface area (Å²) < 4.78 is 0.290. The number of amides is 1. The van der Waals surface area contributed by atoms with Crippen LogP contribution in [0, 0.1) is 0 Å². The lowest BCUT2D eigenvalue weighted by Gasteiger charge is -2.30. The van der Waals surface area contributed by atoms with Gasteiger partial charge in [-0.25, -0.2) is 0 Å². The number of hydrogen-bond acceptors (Lipinski definition) is 3. The molecule has 3 nitrogen and oxygen atoms in total. The number of rotatable bonds is 8. The predicted molar refractivity (Wildman–Crippen MR) is 75.5 cm³/mol. The normalized spacial score (nSPS) is 16.0. The lowest BCUT2D eigenvalue weighted by Crippen LogP contribution is -2.42. The highest BCUT2D eigenvalue weighted by Crippen LogP contribution is 2.29. The van der Waals surface area contributed by atoms with Crippen LogP contribution in [-0.2, 0) is 4.79 Å². The van der Waals surface area contributed by atoms with Crippen molar-refractivity contribution in [3.8, 4) is 0 Å². The molecule has 0 saturated heterocycles. The Bertz CT molecular complexity index is 242. The van der Waals surface area contributed by atoms with Gasteiger partial charge in [0.15, 0.2) is 0 Å². The molecule has 0 heterocycles. The van der Waals surface area contributed by atoms with E-state index in [9.17, 15) is 4.79 Å². The Balaban J connectivity index is 2.27. The summed E-state index contributed by atoms with van der Waals surface area (Å²) in [5.74, 6) is 0.231. The van der Waals surface area contributed by atoms with Crippen molar-refractivity contribution in [2.75, 3.05) is 26.4 Å². The molecule has 0 bridgehead atoms. The van der Waals surface area contributed by atoms with Gasteiger partial charge in [-0.2, -0.15) is 11.8 Å². The van der Waals surface area contributed by atoms with E-state index in [0.717, 1.165) is 19.4 Å². The number of hydrogen-bond donors (Lipinski definition) is 1. The highest BCUT2D eigenvalue weighted by atomic mass is 32.2. The van der Waals surface area contributed by atoms with Crippen LogP contribution in [-0.4, -0.2) is 48.0 Å². The van der Waals surface area contributed by atoms with Gasteiger partial charge in [-0.05, 0) is 31.9 Å². The Morgan fingerprint density at radius 2 is 2.00 bits per heavy atom. The standard InChI is InChI=1S/C13H26N2OS/c1-5-13(6-2,17-4)10-14-9-12(16)15(3)11-7-8-11/h11,14H,5-10H2,1-4H3. The molecule has 4 heteroatoms. The largest absolute Gasteiger partial charge is 0.342 e. The van der Waals surface area contributed by atoms with Gasteiger partial charge in [-0.15, -0.1) is 0 Å². The third-order valence-corrected chi connectivity index (χ3v) is 5.52. The number of nitrogens with zero attached hydrogens (tertiary/aromatic N) is 1. The van der Waals surface area contributed by atoms with E-state index >= 15 is 0 Å². The first-order chi connectivity index (χ1) is 8.08. The second-order valence-electron chi connectivity index (χ2n) is 4.93. The monoisotopic (exact) mass is 258 g/mol. The molecule has 0 spiro atoms. The van der Waals surface area contributed by atoms with Crippen molar-refractivity contribution < 1.29 is 4.79 Å². The molecule has 1 fully saturated rings. The minimum absolute atomic E-state index is 0.231. The summed E-state index contributed by atoms with van der Waals surface area (Å²) in [5.41, 5.74) is 0. The average Bonchev–Trinajstić information content (AvgIpc) is 3.18. The quantitative estimate of drug-likeness (QED) is 0.724. The summed E-state index contributed by atoms with van der Waals surface area (Å²) >= 11 is 1.91. The molecular weight excluding hydrogens is 232 g/mol. The maximum Gasteiger partial charge on any atom is 0.236 e. The molecule has 0 aromatic carbocycles. The van der Waals surface area contributed by atoms with Gasteiger partial charge < -0.3 is 10.2 Å². The zero-order chi connectivity index (χ0) is 12.9. The number of carbonyl (C=O) groups excluding carboxylic acids is 1. The molecule has 1 amide bonds. The van der Waals surface area contributed by atoms with E-state index in [4.69, 9.17) is 0 Å². The second kappa shape index (κ2) is 6.64. The molecule has 0 aromatic rings. The summed E-state index contributed by atoms with van der Waals surface area (Å²) in [4.78, 5) is 13.7. The molecule has 0 atom stereocenters. The molecule has 0 aromatic heterocycles. The molecule has 1 N–H and O–H groups in total. The molecule has 1 aliphatic rings. The first kappa shape index (κ1) is 14.8. The lowest BCUT2D eigenvalue weighted by molar-refractivity contribution is -0.129. The van der Waals surface area contributed by atoms with Crippen molar-refractivity contribution in [3.05, 3.63) is 0 Å². The minimum Gasteiger partial charge on any atom is -0.342 e. The zero-order valence-electron chi connectivity index (χ0n) is 11.6. The molecule has 100 valence electrons. The van der Waals surface area contributed by atoms with Crippen LogP contribution >= 0.6 is 11.8 Å². The second-order valence-corrected chi connectivity index (χ2v) is 6.21. The van der Waals surface area contributed by atoms with E-state index in [1.807, 2.05) is 23.7 Å². The fourth-order valence-electron chi connectivity index (χ4n) is 2.05. The third-order valence-electron chi connectivity index (χ3n) is 3.93. The fraction of sp³-hybridized carbons (Fsp3) is 0.923. The van der Waals surface area contributed by atoms with E-state index in [0.29, 0.717) is 17.3 Å². The number of likely N-dealkylation sites (N-methyl/N-ethyl adjacent to an activating group) is 1. The Labute approximate surface area is 110 Å². The minimum atomic E-state index is 0.231. The molecular formula is C13H26N2OS. The third kappa shape index (κ3) is 4.18. The number of carbonyl (C=O) groups is 1. The maximum absolute atomic E-state index is 11.8. The van der Waals surface area contributed by atoms with E-state index < -0.39 is 0 Å². The number of nitrogens with one attached hydrogen (secondary N) is 1. The Hall–Kier alpha value is -0.220. The fourth-order valence-corrected chi connectivity index (χ4v) is 2.87. The first-order valence-electron chi connectivity index (χ1n) is 6.60. The van der Waals surface area contributed by atoms with Crippen LogP contribution in [0.3, 0.4) is 0 Å². The van der Waals surface area contributed by atoms with Crippen LogP contribution < -0.4 is 5.32 Å². The Kier molecular flexibility index (Phi) is 5.80. The molecule has 1 rings (SSSR count). The summed E-state index contributed by atoms with van der Waals surface area (Å²) in [6, 6.07) is 0.520. The van der Waals surface area contributed by atoms with Gasteiger partial charge in [0.25, 0.3) is 0 Å². The van der Waals surface area contributed by atoms with Crippen molar-refractivity contribution in [2.24, 2.45) is 0 Å². The van der Waals surface area contributed by atoms with Crippen molar-refractivity contribution in [3.63, 3.8) is 0 Å². The topological polar surface area (TPSA) is 32.3 Å². The molecule has 1 aliphatic carbocycles. The molecule has 17 heavy (non-hydrogen) atoms. The van der Waals surface area contributed by atoms with E-state index in [1.165, 1.54) is 12.8 Å². The number of thioether (sulfide) groups is 1. The zero-order valence-corrected chi connectivity index (χ0v) is 12.4. The highest BCUT2D eigenvalue weighted by Gasteiger charge is 2.30. The smallest absolute Gasteiger partial charge is 0.236 e. The maximum atomic E-state index is 11.8. The van der Waals surface area contributed by atoms with E-state index in [1.54, 1.807) is 0 Å². The van der Waals surface area contributed by atoms with E-state index in [-0.39, 0.29) is 5.91 Å². The van der Waals surface area contributed by atoms with Crippen molar-refractivity contribution in [1.29, 1.82) is 0 Å². The van der Waals surface area contributed by atoms with Crippen LogP contribution in [0.1, 0.15) is 39.5 Å². The van der Waals surface area contributed by atoms with Crippen LogP contribution in [0.15, 0.2) is 0 Å².